The van der Waals surface area contributed by atoms with Gasteiger partial charge in [-0.1, -0.05) is 48.0 Å². The standard InChI is InChI=1S/C26H20ClN5O3S2/c27-19-7-12-23-22(14-19)24(30-31-26(36)29-20-8-10-21(11-9-20)37(28,34)35)25(33)32(23)15-16-5-6-17-3-1-2-4-18(17)13-16/h1-14,33H,15H2,(H,29,36)(H2,28,34,35). The van der Waals surface area contributed by atoms with Crippen molar-refractivity contribution < 1.29 is 13.5 Å². The predicted molar refractivity (Wildman–Crippen MR) is 150 cm³/mol. The lowest BCUT2D eigenvalue weighted by atomic mass is 10.1. The molecular formula is C26H20ClN5O3S2. The average molecular weight is 550 g/mol. The van der Waals surface area contributed by atoms with Crippen LogP contribution in [-0.4, -0.2) is 23.2 Å². The zero-order chi connectivity index (χ0) is 26.2. The van der Waals surface area contributed by atoms with Gasteiger partial charge in [-0.3, -0.25) is 0 Å². The first-order valence-electron chi connectivity index (χ1n) is 11.0. The summed E-state index contributed by atoms with van der Waals surface area (Å²) >= 11 is 11.5. The number of fused-ring (bicyclic) bond motifs is 2. The second kappa shape index (κ2) is 9.91. The molecule has 0 atom stereocenters. The second-order valence-corrected chi connectivity index (χ2v) is 10.7. The molecule has 0 bridgehead atoms. The fraction of sp³-hybridized carbons (Fsp3) is 0.0385. The lowest BCUT2D eigenvalue weighted by Gasteiger charge is -2.08. The number of nitrogens with two attached hydrogens (primary N) is 1. The van der Waals surface area contributed by atoms with Gasteiger partial charge in [0.1, 0.15) is 0 Å². The van der Waals surface area contributed by atoms with Crippen LogP contribution in [0.2, 0.25) is 5.02 Å². The first-order valence-corrected chi connectivity index (χ1v) is 13.4. The molecule has 0 radical (unpaired) electrons. The summed E-state index contributed by atoms with van der Waals surface area (Å²) in [4.78, 5) is -0.0216. The number of sulfonamides is 1. The van der Waals surface area contributed by atoms with Gasteiger partial charge in [-0.15, -0.1) is 10.2 Å². The van der Waals surface area contributed by atoms with Gasteiger partial charge in [0.15, 0.2) is 5.69 Å². The molecule has 1 heterocycles. The molecule has 186 valence electrons. The summed E-state index contributed by atoms with van der Waals surface area (Å²) in [6.45, 7) is 0.406. The van der Waals surface area contributed by atoms with Crippen molar-refractivity contribution in [1.29, 1.82) is 0 Å². The molecule has 37 heavy (non-hydrogen) atoms. The largest absolute Gasteiger partial charge is 0.493 e. The van der Waals surface area contributed by atoms with E-state index in [1.54, 1.807) is 16.7 Å². The van der Waals surface area contributed by atoms with Crippen molar-refractivity contribution in [3.8, 4) is 5.88 Å². The number of benzene rings is 4. The lowest BCUT2D eigenvalue weighted by molar-refractivity contribution is 0.429. The topological polar surface area (TPSA) is 122 Å². The highest BCUT2D eigenvalue weighted by Gasteiger charge is 2.18. The van der Waals surface area contributed by atoms with Gasteiger partial charge in [0.2, 0.25) is 21.0 Å². The summed E-state index contributed by atoms with van der Waals surface area (Å²) in [5, 5.41) is 30.7. The number of nitrogens with one attached hydrogen (secondary N) is 1. The SMILES string of the molecule is NS(=O)(=O)c1ccc(NC(=S)N=Nc2c(O)n(Cc3ccc4ccccc4c3)c3ccc(Cl)cc23)cc1. The third kappa shape index (κ3) is 5.32. The minimum Gasteiger partial charge on any atom is -0.493 e. The quantitative estimate of drug-likeness (QED) is 0.175. The van der Waals surface area contributed by atoms with E-state index in [2.05, 4.69) is 21.6 Å². The number of halogens is 1. The van der Waals surface area contributed by atoms with E-state index >= 15 is 0 Å². The predicted octanol–water partition coefficient (Wildman–Crippen LogP) is 6.33. The van der Waals surface area contributed by atoms with Crippen molar-refractivity contribution in [2.75, 3.05) is 5.32 Å². The number of nitrogens with zero attached hydrogens (tertiary/aromatic N) is 3. The summed E-state index contributed by atoms with van der Waals surface area (Å²) in [6, 6.07) is 25.2. The number of azo groups is 1. The van der Waals surface area contributed by atoms with Crippen LogP contribution in [0, 0.1) is 0 Å². The maximum absolute atomic E-state index is 11.4. The van der Waals surface area contributed by atoms with E-state index in [9.17, 15) is 13.5 Å². The highest BCUT2D eigenvalue weighted by atomic mass is 35.5. The molecule has 4 N–H and O–H groups in total. The van der Waals surface area contributed by atoms with Gasteiger partial charge < -0.3 is 15.0 Å². The minimum atomic E-state index is -3.80. The Labute approximate surface area is 223 Å². The smallest absolute Gasteiger partial charge is 0.238 e. The number of aromatic hydroxyl groups is 1. The molecule has 0 saturated heterocycles. The number of hydrogen-bond acceptors (Lipinski definition) is 5. The van der Waals surface area contributed by atoms with Crippen molar-refractivity contribution in [3.63, 3.8) is 0 Å². The van der Waals surface area contributed by atoms with E-state index in [0.717, 1.165) is 21.9 Å². The van der Waals surface area contributed by atoms with Crippen LogP contribution in [0.3, 0.4) is 0 Å². The van der Waals surface area contributed by atoms with E-state index < -0.39 is 10.0 Å². The average Bonchev–Trinajstić information content (AvgIpc) is 3.12. The Balaban J connectivity index is 1.44. The molecule has 0 aliphatic carbocycles. The minimum absolute atomic E-state index is 0.0141. The van der Waals surface area contributed by atoms with Crippen LogP contribution in [-0.2, 0) is 16.6 Å². The number of rotatable bonds is 5. The summed E-state index contributed by atoms with van der Waals surface area (Å²) in [6.07, 6.45) is 0. The highest BCUT2D eigenvalue weighted by Crippen LogP contribution is 2.40. The Kier molecular flexibility index (Phi) is 6.65. The molecule has 0 amide bonds. The summed E-state index contributed by atoms with van der Waals surface area (Å²) in [5.74, 6) is -0.0746. The number of hydrogen-bond donors (Lipinski definition) is 3. The molecule has 0 unspecified atom stereocenters. The summed E-state index contributed by atoms with van der Waals surface area (Å²) < 4.78 is 24.6. The van der Waals surface area contributed by atoms with Gasteiger partial charge in [0.25, 0.3) is 0 Å². The van der Waals surface area contributed by atoms with Crippen molar-refractivity contribution in [2.45, 2.75) is 11.4 Å². The molecule has 0 aliphatic rings. The number of primary sulfonamides is 1. The monoisotopic (exact) mass is 549 g/mol. The first-order chi connectivity index (χ1) is 17.7. The molecule has 1 aromatic heterocycles. The van der Waals surface area contributed by atoms with Crippen LogP contribution in [0.1, 0.15) is 5.56 Å². The van der Waals surface area contributed by atoms with Gasteiger partial charge in [0, 0.05) is 16.1 Å². The maximum Gasteiger partial charge on any atom is 0.238 e. The van der Waals surface area contributed by atoms with Crippen LogP contribution in [0.15, 0.2) is 100 Å². The Bertz CT molecular complexity index is 1800. The third-order valence-corrected chi connectivity index (χ3v) is 7.15. The third-order valence-electron chi connectivity index (χ3n) is 5.80. The molecule has 11 heteroatoms. The van der Waals surface area contributed by atoms with E-state index in [-0.39, 0.29) is 21.6 Å². The fourth-order valence-corrected chi connectivity index (χ4v) is 4.89. The Hall–Kier alpha value is -3.83. The van der Waals surface area contributed by atoms with Crippen LogP contribution >= 0.6 is 23.8 Å². The first kappa shape index (κ1) is 24.8. The van der Waals surface area contributed by atoms with Gasteiger partial charge >= 0.3 is 0 Å². The van der Waals surface area contributed by atoms with E-state index in [0.29, 0.717) is 22.6 Å². The maximum atomic E-state index is 11.4. The highest BCUT2D eigenvalue weighted by molar-refractivity contribution is 7.89. The molecule has 5 aromatic rings. The zero-order valence-corrected chi connectivity index (χ0v) is 21.6. The molecule has 8 nitrogen and oxygen atoms in total. The van der Waals surface area contributed by atoms with Crippen molar-refractivity contribution >= 4 is 72.0 Å². The van der Waals surface area contributed by atoms with Gasteiger partial charge in [-0.05, 0) is 77.1 Å². The summed E-state index contributed by atoms with van der Waals surface area (Å²) in [5.41, 5.74) is 2.47. The normalized spacial score (nSPS) is 11.9. The molecule has 4 aromatic carbocycles. The Morgan fingerprint density at radius 3 is 2.46 bits per heavy atom. The fourth-order valence-electron chi connectivity index (χ4n) is 4.05. The summed E-state index contributed by atoms with van der Waals surface area (Å²) in [7, 11) is -3.80. The van der Waals surface area contributed by atoms with E-state index in [4.69, 9.17) is 29.0 Å². The van der Waals surface area contributed by atoms with Crippen LogP contribution in [0.5, 0.6) is 5.88 Å². The number of anilines is 1. The Morgan fingerprint density at radius 1 is 1.00 bits per heavy atom. The zero-order valence-electron chi connectivity index (χ0n) is 19.2. The molecule has 0 saturated carbocycles. The van der Waals surface area contributed by atoms with Crippen LogP contribution in [0.4, 0.5) is 11.4 Å². The van der Waals surface area contributed by atoms with E-state index in [1.807, 2.05) is 42.5 Å². The second-order valence-electron chi connectivity index (χ2n) is 8.30. The van der Waals surface area contributed by atoms with Crippen molar-refractivity contribution in [1.82, 2.24) is 4.57 Å². The molecule has 5 rings (SSSR count). The van der Waals surface area contributed by atoms with Crippen LogP contribution in [0.25, 0.3) is 21.7 Å². The van der Waals surface area contributed by atoms with Crippen molar-refractivity contribution in [3.05, 3.63) is 95.5 Å². The molecule has 0 aliphatic heterocycles. The lowest BCUT2D eigenvalue weighted by Crippen LogP contribution is -2.12. The number of aromatic nitrogens is 1. The number of thiocarbonyl (C=S) groups is 1. The van der Waals surface area contributed by atoms with Crippen molar-refractivity contribution in [2.24, 2.45) is 15.4 Å². The van der Waals surface area contributed by atoms with Gasteiger partial charge in [-0.25, -0.2) is 13.6 Å². The van der Waals surface area contributed by atoms with E-state index in [1.165, 1.54) is 24.3 Å². The molecular weight excluding hydrogens is 530 g/mol. The van der Waals surface area contributed by atoms with Crippen LogP contribution < -0.4 is 10.5 Å². The van der Waals surface area contributed by atoms with Gasteiger partial charge in [0.05, 0.1) is 17.0 Å². The molecule has 0 spiro atoms. The molecule has 0 fully saturated rings. The Morgan fingerprint density at radius 2 is 1.73 bits per heavy atom. The van der Waals surface area contributed by atoms with Gasteiger partial charge in [-0.2, -0.15) is 0 Å².